The van der Waals surface area contributed by atoms with E-state index >= 15 is 0 Å². The minimum absolute atomic E-state index is 0.190. The lowest BCUT2D eigenvalue weighted by Crippen LogP contribution is -2.26. The molecule has 0 fully saturated rings. The number of ether oxygens (including phenoxy) is 3. The van der Waals surface area contributed by atoms with Crippen molar-refractivity contribution in [2.45, 2.75) is 26.0 Å². The van der Waals surface area contributed by atoms with Crippen molar-refractivity contribution >= 4 is 16.7 Å². The van der Waals surface area contributed by atoms with Crippen molar-refractivity contribution in [3.05, 3.63) is 64.6 Å². The molecule has 0 amide bonds. The van der Waals surface area contributed by atoms with Gasteiger partial charge in [-0.25, -0.2) is 9.48 Å². The van der Waals surface area contributed by atoms with Gasteiger partial charge in [-0.3, -0.25) is 4.79 Å². The molecule has 2 aromatic carbocycles. The van der Waals surface area contributed by atoms with Crippen molar-refractivity contribution in [3.8, 4) is 11.5 Å². The highest BCUT2D eigenvalue weighted by molar-refractivity contribution is 5.82. The number of nitrogens with zero attached hydrogens (tertiary/aromatic N) is 2. The van der Waals surface area contributed by atoms with Crippen LogP contribution >= 0.6 is 0 Å². The number of methoxy groups -OCH3 is 1. The molecule has 8 nitrogen and oxygen atoms in total. The predicted octanol–water partition coefficient (Wildman–Crippen LogP) is 2.52. The van der Waals surface area contributed by atoms with Crippen molar-refractivity contribution in [1.29, 1.82) is 0 Å². The van der Waals surface area contributed by atoms with E-state index in [1.165, 1.54) is 4.68 Å². The van der Waals surface area contributed by atoms with Gasteiger partial charge in [0.1, 0.15) is 18.1 Å². The van der Waals surface area contributed by atoms with E-state index in [0.717, 1.165) is 10.9 Å². The smallest absolute Gasteiger partial charge is 0.333 e. The zero-order chi connectivity index (χ0) is 21.5. The molecule has 1 atom stereocenters. The van der Waals surface area contributed by atoms with Crippen LogP contribution in [-0.4, -0.2) is 47.3 Å². The number of fused-ring (bicyclic) bond motifs is 1. The Morgan fingerprint density at radius 2 is 1.90 bits per heavy atom. The van der Waals surface area contributed by atoms with E-state index < -0.39 is 12.1 Å². The molecule has 0 aliphatic heterocycles. The van der Waals surface area contributed by atoms with Crippen molar-refractivity contribution in [2.24, 2.45) is 0 Å². The maximum atomic E-state index is 12.6. The van der Waals surface area contributed by atoms with Crippen molar-refractivity contribution in [3.63, 3.8) is 0 Å². The lowest BCUT2D eigenvalue weighted by atomic mass is 10.1. The molecule has 3 aromatic rings. The maximum absolute atomic E-state index is 12.6. The van der Waals surface area contributed by atoms with Gasteiger partial charge in [0.15, 0.2) is 6.10 Å². The van der Waals surface area contributed by atoms with Crippen LogP contribution < -0.4 is 15.0 Å². The summed E-state index contributed by atoms with van der Waals surface area (Å²) in [6, 6.07) is 12.4. The number of carboxylic acid groups (broad SMARTS) is 1. The molecule has 0 radical (unpaired) electrons. The van der Waals surface area contributed by atoms with Crippen LogP contribution in [0.25, 0.3) is 10.8 Å². The third-order valence-electron chi connectivity index (χ3n) is 4.62. The molecular formula is C22H24N2O6. The van der Waals surface area contributed by atoms with Crippen LogP contribution in [0.5, 0.6) is 11.5 Å². The van der Waals surface area contributed by atoms with Crippen LogP contribution in [0.15, 0.2) is 53.5 Å². The van der Waals surface area contributed by atoms with E-state index in [1.807, 2.05) is 0 Å². The summed E-state index contributed by atoms with van der Waals surface area (Å²) in [4.78, 5) is 23.8. The van der Waals surface area contributed by atoms with Gasteiger partial charge in [0.25, 0.3) is 5.56 Å². The molecule has 0 aliphatic rings. The summed E-state index contributed by atoms with van der Waals surface area (Å²) in [6.45, 7) is 2.67. The number of carbonyl (C=O) groups is 1. The van der Waals surface area contributed by atoms with Crippen LogP contribution in [-0.2, 0) is 22.5 Å². The normalized spacial score (nSPS) is 11.9. The second kappa shape index (κ2) is 9.89. The summed E-state index contributed by atoms with van der Waals surface area (Å²) in [5.41, 5.74) is 0.649. The van der Waals surface area contributed by atoms with Gasteiger partial charge < -0.3 is 19.3 Å². The molecule has 158 valence electrons. The Kier molecular flexibility index (Phi) is 7.03. The van der Waals surface area contributed by atoms with E-state index in [4.69, 9.17) is 19.3 Å². The molecule has 0 bridgehead atoms. The van der Waals surface area contributed by atoms with E-state index in [0.29, 0.717) is 30.0 Å². The van der Waals surface area contributed by atoms with E-state index in [9.17, 15) is 9.59 Å². The SMILES string of the molecule is CCOC(Cc1ccc(OCCn2ncc3cc(OC)ccc3c2=O)cc1)C(=O)O. The van der Waals surface area contributed by atoms with Gasteiger partial charge in [0.2, 0.25) is 0 Å². The molecule has 30 heavy (non-hydrogen) atoms. The molecule has 0 saturated carbocycles. The molecule has 0 spiro atoms. The average Bonchev–Trinajstić information content (AvgIpc) is 2.75. The van der Waals surface area contributed by atoms with Crippen LogP contribution in [0.4, 0.5) is 0 Å². The predicted molar refractivity (Wildman–Crippen MR) is 111 cm³/mol. The minimum Gasteiger partial charge on any atom is -0.497 e. The van der Waals surface area contributed by atoms with Gasteiger partial charge in [-0.1, -0.05) is 12.1 Å². The summed E-state index contributed by atoms with van der Waals surface area (Å²) in [7, 11) is 1.57. The molecule has 0 aliphatic carbocycles. The third kappa shape index (κ3) is 5.15. The Hall–Kier alpha value is -3.39. The molecule has 1 unspecified atom stereocenters. The zero-order valence-corrected chi connectivity index (χ0v) is 16.9. The van der Waals surface area contributed by atoms with Crippen LogP contribution in [0.2, 0.25) is 0 Å². The van der Waals surface area contributed by atoms with Gasteiger partial charge in [-0.05, 0) is 42.8 Å². The quantitative estimate of drug-likeness (QED) is 0.546. The van der Waals surface area contributed by atoms with Crippen molar-refractivity contribution in [1.82, 2.24) is 9.78 Å². The van der Waals surface area contributed by atoms with E-state index in [2.05, 4.69) is 5.10 Å². The van der Waals surface area contributed by atoms with Crippen LogP contribution in [0.1, 0.15) is 12.5 Å². The second-order valence-electron chi connectivity index (χ2n) is 6.60. The Balaban J connectivity index is 1.59. The van der Waals surface area contributed by atoms with Gasteiger partial charge in [0, 0.05) is 18.4 Å². The number of hydrogen-bond donors (Lipinski definition) is 1. The molecule has 1 heterocycles. The number of rotatable bonds is 10. The molecule has 0 saturated heterocycles. The fourth-order valence-corrected chi connectivity index (χ4v) is 3.06. The highest BCUT2D eigenvalue weighted by Gasteiger charge is 2.17. The fraction of sp³-hybridized carbons (Fsp3) is 0.318. The van der Waals surface area contributed by atoms with E-state index in [-0.39, 0.29) is 18.6 Å². The first-order chi connectivity index (χ1) is 14.5. The fourth-order valence-electron chi connectivity index (χ4n) is 3.06. The first kappa shape index (κ1) is 21.3. The van der Waals surface area contributed by atoms with Crippen molar-refractivity contribution in [2.75, 3.05) is 20.3 Å². The Labute approximate surface area is 173 Å². The molecular weight excluding hydrogens is 388 g/mol. The molecule has 1 N–H and O–H groups in total. The van der Waals surface area contributed by atoms with Crippen molar-refractivity contribution < 1.29 is 24.1 Å². The third-order valence-corrected chi connectivity index (χ3v) is 4.62. The monoisotopic (exact) mass is 412 g/mol. The summed E-state index contributed by atoms with van der Waals surface area (Å²) >= 11 is 0. The van der Waals surface area contributed by atoms with Gasteiger partial charge in [-0.15, -0.1) is 0 Å². The van der Waals surface area contributed by atoms with Gasteiger partial charge in [-0.2, -0.15) is 5.10 Å². The minimum atomic E-state index is -0.982. The standard InChI is InChI=1S/C22H24N2O6/c1-3-29-20(22(26)27)12-15-4-6-17(7-5-15)30-11-10-24-21(25)19-9-8-18(28-2)13-16(19)14-23-24/h4-9,13-14,20H,3,10-12H2,1-2H3,(H,26,27). The lowest BCUT2D eigenvalue weighted by molar-refractivity contribution is -0.149. The first-order valence-electron chi connectivity index (χ1n) is 9.62. The zero-order valence-electron chi connectivity index (χ0n) is 16.9. The van der Waals surface area contributed by atoms with Gasteiger partial charge in [0.05, 0.1) is 25.2 Å². The highest BCUT2D eigenvalue weighted by Crippen LogP contribution is 2.17. The Bertz CT molecular complexity index is 1060. The van der Waals surface area contributed by atoms with Crippen LogP contribution in [0.3, 0.4) is 0 Å². The second-order valence-corrected chi connectivity index (χ2v) is 6.60. The Morgan fingerprint density at radius 1 is 1.17 bits per heavy atom. The topological polar surface area (TPSA) is 99.9 Å². The van der Waals surface area contributed by atoms with E-state index in [1.54, 1.807) is 62.7 Å². The summed E-state index contributed by atoms with van der Waals surface area (Å²) in [5.74, 6) is 0.314. The lowest BCUT2D eigenvalue weighted by Gasteiger charge is -2.13. The van der Waals surface area contributed by atoms with Crippen LogP contribution in [0, 0.1) is 0 Å². The number of aromatic nitrogens is 2. The van der Waals surface area contributed by atoms with Gasteiger partial charge >= 0.3 is 5.97 Å². The molecule has 3 rings (SSSR count). The number of hydrogen-bond acceptors (Lipinski definition) is 6. The number of benzene rings is 2. The first-order valence-corrected chi connectivity index (χ1v) is 9.62. The summed E-state index contributed by atoms with van der Waals surface area (Å²) in [6.07, 6.45) is 1.04. The highest BCUT2D eigenvalue weighted by atomic mass is 16.5. The summed E-state index contributed by atoms with van der Waals surface area (Å²) in [5, 5.41) is 14.7. The number of carboxylic acids is 1. The largest absolute Gasteiger partial charge is 0.497 e. The Morgan fingerprint density at radius 3 is 2.57 bits per heavy atom. The number of aliphatic carboxylic acids is 1. The maximum Gasteiger partial charge on any atom is 0.333 e. The summed E-state index contributed by atoms with van der Waals surface area (Å²) < 4.78 is 17.5. The molecule has 1 aromatic heterocycles. The molecule has 8 heteroatoms. The average molecular weight is 412 g/mol.